The molecule has 2 amide bonds. The van der Waals surface area contributed by atoms with Gasteiger partial charge in [-0.1, -0.05) is 6.58 Å². The van der Waals surface area contributed by atoms with Gasteiger partial charge in [0.05, 0.1) is 18.4 Å². The Morgan fingerprint density at radius 2 is 1.71 bits per heavy atom. The second-order valence-corrected chi connectivity index (χ2v) is 16.0. The first-order valence-corrected chi connectivity index (χ1v) is 19.1. The van der Waals surface area contributed by atoms with Crippen molar-refractivity contribution in [3.8, 4) is 11.5 Å². The molecule has 4 aliphatic rings. The van der Waals surface area contributed by atoms with E-state index in [0.29, 0.717) is 17.5 Å². The van der Waals surface area contributed by atoms with Crippen LogP contribution in [0.5, 0.6) is 11.5 Å². The van der Waals surface area contributed by atoms with Gasteiger partial charge in [0, 0.05) is 49.7 Å². The summed E-state index contributed by atoms with van der Waals surface area (Å²) in [5, 5.41) is 2.77. The van der Waals surface area contributed by atoms with Crippen molar-refractivity contribution in [3.63, 3.8) is 0 Å². The Labute approximate surface area is 307 Å². The van der Waals surface area contributed by atoms with Crippen LogP contribution >= 0.6 is 0 Å². The minimum atomic E-state index is -0.923. The summed E-state index contributed by atoms with van der Waals surface area (Å²) >= 11 is 0. The maximum atomic E-state index is 14.4. The Hall–Kier alpha value is -3.68. The highest BCUT2D eigenvalue weighted by atomic mass is 19.1. The minimum Gasteiger partial charge on any atom is -0.451 e. The molecule has 0 aliphatic carbocycles. The van der Waals surface area contributed by atoms with Crippen molar-refractivity contribution in [2.75, 3.05) is 70.5 Å². The smallest absolute Gasteiger partial charge is 0.279 e. The van der Waals surface area contributed by atoms with E-state index in [2.05, 4.69) is 41.5 Å². The first-order chi connectivity index (χ1) is 24.9. The summed E-state index contributed by atoms with van der Waals surface area (Å²) in [7, 11) is 0. The van der Waals surface area contributed by atoms with Crippen molar-refractivity contribution >= 4 is 17.6 Å². The highest BCUT2D eigenvalue weighted by molar-refractivity contribution is 5.97. The number of hydrogen-bond acceptors (Lipinski definition) is 9. The number of anilines is 1. The molecule has 2 aromatic rings. The third-order valence-corrected chi connectivity index (χ3v) is 11.4. The van der Waals surface area contributed by atoms with E-state index in [1.54, 1.807) is 11.1 Å². The van der Waals surface area contributed by atoms with E-state index in [-0.39, 0.29) is 40.8 Å². The van der Waals surface area contributed by atoms with Gasteiger partial charge >= 0.3 is 0 Å². The van der Waals surface area contributed by atoms with Crippen LogP contribution in [0.2, 0.25) is 0 Å². The number of hydrogen-bond donors (Lipinski definition) is 1. The van der Waals surface area contributed by atoms with E-state index in [1.807, 2.05) is 27.7 Å². The third-order valence-electron chi connectivity index (χ3n) is 11.4. The van der Waals surface area contributed by atoms with E-state index in [0.717, 1.165) is 91.3 Å². The molecule has 0 radical (unpaired) electrons. The number of carbonyl (C=O) groups excluding carboxylic acids is 2. The van der Waals surface area contributed by atoms with E-state index in [9.17, 15) is 18.4 Å². The first-order valence-electron chi connectivity index (χ1n) is 19.1. The predicted octanol–water partition coefficient (Wildman–Crippen LogP) is 5.30. The van der Waals surface area contributed by atoms with E-state index in [4.69, 9.17) is 4.74 Å². The highest BCUT2D eigenvalue weighted by Crippen LogP contribution is 2.45. The molecule has 1 spiro atoms. The van der Waals surface area contributed by atoms with Crippen molar-refractivity contribution < 1.29 is 23.1 Å². The topological polar surface area (TPSA) is 97.4 Å². The van der Waals surface area contributed by atoms with Gasteiger partial charge in [-0.2, -0.15) is 0 Å². The van der Waals surface area contributed by atoms with Crippen LogP contribution in [-0.2, 0) is 4.79 Å². The molecule has 0 bridgehead atoms. The molecule has 4 aliphatic heterocycles. The molecule has 284 valence electrons. The fraction of sp³-hybridized carbons (Fsp3) is 0.641. The van der Waals surface area contributed by atoms with Gasteiger partial charge in [-0.05, 0) is 123 Å². The molecule has 0 saturated carbocycles. The number of piperidine rings is 3. The van der Waals surface area contributed by atoms with Crippen LogP contribution in [-0.4, -0.2) is 125 Å². The molecule has 1 aromatic heterocycles. The number of nitrogens with one attached hydrogen (secondary N) is 1. The maximum absolute atomic E-state index is 14.4. The van der Waals surface area contributed by atoms with Crippen molar-refractivity contribution in [2.45, 2.75) is 84.3 Å². The van der Waals surface area contributed by atoms with Gasteiger partial charge < -0.3 is 24.8 Å². The zero-order chi connectivity index (χ0) is 37.0. The molecular weight excluding hydrogens is 666 g/mol. The number of halogens is 2. The van der Waals surface area contributed by atoms with Crippen LogP contribution < -0.4 is 15.0 Å². The Morgan fingerprint density at radius 1 is 1.00 bits per heavy atom. The number of amides is 2. The van der Waals surface area contributed by atoms with E-state index in [1.165, 1.54) is 37.4 Å². The lowest BCUT2D eigenvalue weighted by molar-refractivity contribution is -0.120. The fourth-order valence-corrected chi connectivity index (χ4v) is 8.66. The van der Waals surface area contributed by atoms with Crippen LogP contribution in [0, 0.1) is 17.2 Å². The van der Waals surface area contributed by atoms with Crippen LogP contribution in [0.3, 0.4) is 0 Å². The Balaban J connectivity index is 0.965. The highest BCUT2D eigenvalue weighted by Gasteiger charge is 2.46. The van der Waals surface area contributed by atoms with Crippen LogP contribution in [0.4, 0.5) is 14.6 Å². The molecule has 13 heteroatoms. The number of benzene rings is 1. The maximum Gasteiger partial charge on any atom is 0.279 e. The number of aromatic nitrogens is 2. The number of rotatable bonds is 12. The zero-order valence-electron chi connectivity index (χ0n) is 31.3. The molecule has 5 heterocycles. The van der Waals surface area contributed by atoms with Gasteiger partial charge in [-0.15, -0.1) is 0 Å². The Bertz CT molecular complexity index is 1560. The van der Waals surface area contributed by atoms with Crippen LogP contribution in [0.1, 0.15) is 76.6 Å². The van der Waals surface area contributed by atoms with Gasteiger partial charge in [0.1, 0.15) is 17.9 Å². The van der Waals surface area contributed by atoms with Gasteiger partial charge in [0.25, 0.3) is 11.8 Å². The van der Waals surface area contributed by atoms with Crippen LogP contribution in [0.25, 0.3) is 0 Å². The Kier molecular flexibility index (Phi) is 12.1. The first kappa shape index (κ1) is 38.1. The number of carbonyl (C=O) groups is 2. The lowest BCUT2D eigenvalue weighted by Gasteiger charge is -2.54. The second kappa shape index (κ2) is 16.6. The van der Waals surface area contributed by atoms with Gasteiger partial charge in [0.2, 0.25) is 0 Å². The number of ether oxygens (including phenoxy) is 1. The molecule has 52 heavy (non-hydrogen) atoms. The molecular formula is C39H56F2N8O3. The normalized spacial score (nSPS) is 21.7. The molecule has 6 rings (SSSR count). The van der Waals surface area contributed by atoms with Crippen molar-refractivity contribution in [2.24, 2.45) is 11.3 Å². The molecule has 1 N–H and O–H groups in total. The van der Waals surface area contributed by atoms with E-state index < -0.39 is 17.6 Å². The van der Waals surface area contributed by atoms with Gasteiger partial charge in [0.15, 0.2) is 17.4 Å². The van der Waals surface area contributed by atoms with Crippen LogP contribution in [0.15, 0.2) is 43.1 Å². The number of likely N-dealkylation sites (tertiary alicyclic amines) is 3. The summed E-state index contributed by atoms with van der Waals surface area (Å²) in [5.41, 5.74) is 0.428. The minimum absolute atomic E-state index is 0.0230. The van der Waals surface area contributed by atoms with Crippen molar-refractivity contribution in [1.82, 2.24) is 34.9 Å². The molecule has 4 fully saturated rings. The van der Waals surface area contributed by atoms with Gasteiger partial charge in [-0.3, -0.25) is 19.4 Å². The lowest BCUT2D eigenvalue weighted by atomic mass is 9.72. The Morgan fingerprint density at radius 3 is 2.38 bits per heavy atom. The SMILES string of the molecule is C=C(F)C(=O)N[C@@H]1CCCN(CN2CCC(CN3CCC4(CC3)CN(c3ncncc3Oc3ccc(F)cc3C(=O)N(C(C)C)C(C)C)C4)CC2)C1. The summed E-state index contributed by atoms with van der Waals surface area (Å²) in [6.07, 6.45) is 9.68. The van der Waals surface area contributed by atoms with Crippen molar-refractivity contribution in [1.29, 1.82) is 0 Å². The van der Waals surface area contributed by atoms with Crippen molar-refractivity contribution in [3.05, 3.63) is 54.5 Å². The second-order valence-electron chi connectivity index (χ2n) is 16.0. The average molecular weight is 723 g/mol. The average Bonchev–Trinajstić information content (AvgIpc) is 3.09. The quantitative estimate of drug-likeness (QED) is 0.293. The standard InChI is InChI=1S/C39H56F2N8O3/c1-27(2)49(28(3)4)38(51)33-19-31(41)8-9-34(33)52-35-20-42-25-43-36(35)48-23-39(24-48)12-17-45(18-13-39)21-30-10-15-46(16-11-30)26-47-14-6-7-32(22-47)44-37(50)29(5)40/h8-9,19-20,25,27-28,30,32H,5-7,10-18,21-24,26H2,1-4H3,(H,44,50)/t32-/m1/s1. The number of nitrogens with zero attached hydrogens (tertiary/aromatic N) is 7. The largest absolute Gasteiger partial charge is 0.451 e. The van der Waals surface area contributed by atoms with E-state index >= 15 is 0 Å². The summed E-state index contributed by atoms with van der Waals surface area (Å²) in [6, 6.07) is 3.93. The van der Waals surface area contributed by atoms with Gasteiger partial charge in [-0.25, -0.2) is 18.7 Å². The summed E-state index contributed by atoms with van der Waals surface area (Å²) in [5.74, 6) is -0.249. The summed E-state index contributed by atoms with van der Waals surface area (Å²) in [4.78, 5) is 45.6. The lowest BCUT2D eigenvalue weighted by Crippen LogP contribution is -2.61. The molecule has 4 saturated heterocycles. The molecule has 1 aromatic carbocycles. The summed E-state index contributed by atoms with van der Waals surface area (Å²) < 4.78 is 33.9. The monoisotopic (exact) mass is 722 g/mol. The fourth-order valence-electron chi connectivity index (χ4n) is 8.66. The molecule has 11 nitrogen and oxygen atoms in total. The zero-order valence-corrected chi connectivity index (χ0v) is 31.3. The summed E-state index contributed by atoms with van der Waals surface area (Å²) in [6.45, 7) is 20.8. The third kappa shape index (κ3) is 9.09. The predicted molar refractivity (Wildman–Crippen MR) is 197 cm³/mol. The molecule has 1 atom stereocenters. The molecule has 0 unspecified atom stereocenters.